The average Bonchev–Trinajstić information content (AvgIpc) is 2.83. The quantitative estimate of drug-likeness (QED) is 0.844. The van der Waals surface area contributed by atoms with Crippen LogP contribution in [0.2, 0.25) is 0 Å². The van der Waals surface area contributed by atoms with Gasteiger partial charge in [0.05, 0.1) is 6.10 Å². The number of hydrogen-bond acceptors (Lipinski definition) is 2. The van der Waals surface area contributed by atoms with Crippen LogP contribution in [-0.4, -0.2) is 25.8 Å². The highest BCUT2D eigenvalue weighted by Crippen LogP contribution is 2.21. The van der Waals surface area contributed by atoms with E-state index in [2.05, 4.69) is 49.5 Å². The molecule has 2 rings (SSSR count). The van der Waals surface area contributed by atoms with Gasteiger partial charge in [0.2, 0.25) is 0 Å². The molecule has 1 unspecified atom stereocenters. The minimum Gasteiger partial charge on any atom is -0.377 e. The van der Waals surface area contributed by atoms with Crippen LogP contribution in [-0.2, 0) is 10.2 Å². The van der Waals surface area contributed by atoms with Crippen LogP contribution in [0.25, 0.3) is 0 Å². The van der Waals surface area contributed by atoms with Crippen LogP contribution < -0.4 is 5.32 Å². The van der Waals surface area contributed by atoms with Gasteiger partial charge < -0.3 is 10.1 Å². The van der Waals surface area contributed by atoms with Crippen LogP contribution in [0.5, 0.6) is 0 Å². The fraction of sp³-hybridized carbons (Fsp3) is 0.600. The van der Waals surface area contributed by atoms with E-state index in [9.17, 15) is 0 Å². The molecule has 1 aliphatic rings. The van der Waals surface area contributed by atoms with Crippen LogP contribution in [0, 0.1) is 0 Å². The summed E-state index contributed by atoms with van der Waals surface area (Å²) in [5, 5.41) is 3.54. The molecule has 0 saturated carbocycles. The van der Waals surface area contributed by atoms with E-state index >= 15 is 0 Å². The second-order valence-corrected chi connectivity index (χ2v) is 5.52. The average molecular weight is 233 g/mol. The van der Waals surface area contributed by atoms with E-state index in [0.717, 1.165) is 19.7 Å². The lowest BCUT2D eigenvalue weighted by molar-refractivity contribution is 0.109. The van der Waals surface area contributed by atoms with E-state index in [4.69, 9.17) is 4.74 Å². The lowest BCUT2D eigenvalue weighted by atomic mass is 9.84. The van der Waals surface area contributed by atoms with E-state index in [0.29, 0.717) is 6.10 Å². The van der Waals surface area contributed by atoms with E-state index in [1.165, 1.54) is 18.4 Å². The van der Waals surface area contributed by atoms with Gasteiger partial charge in [0.25, 0.3) is 0 Å². The zero-order chi connectivity index (χ0) is 12.1. The highest BCUT2D eigenvalue weighted by molar-refractivity contribution is 5.23. The number of nitrogens with one attached hydrogen (secondary N) is 1. The minimum absolute atomic E-state index is 0.180. The summed E-state index contributed by atoms with van der Waals surface area (Å²) in [4.78, 5) is 0. The molecule has 1 aliphatic heterocycles. The Morgan fingerprint density at radius 2 is 2.06 bits per heavy atom. The van der Waals surface area contributed by atoms with Crippen molar-refractivity contribution in [3.05, 3.63) is 35.9 Å². The van der Waals surface area contributed by atoms with Crippen LogP contribution in [0.4, 0.5) is 0 Å². The number of rotatable bonds is 5. The van der Waals surface area contributed by atoms with Gasteiger partial charge in [-0.2, -0.15) is 0 Å². The Bertz CT molecular complexity index is 328. The summed E-state index contributed by atoms with van der Waals surface area (Å²) in [5.74, 6) is 0. The molecular formula is C15H23NO. The first kappa shape index (κ1) is 12.6. The van der Waals surface area contributed by atoms with E-state index in [1.807, 2.05) is 0 Å². The van der Waals surface area contributed by atoms with Gasteiger partial charge in [-0.25, -0.2) is 0 Å². The number of hydrogen-bond donors (Lipinski definition) is 1. The summed E-state index contributed by atoms with van der Waals surface area (Å²) in [7, 11) is 0. The standard InChI is InChI=1S/C15H23NO/c1-15(2,13-7-4-3-5-8-13)12-16-11-14-9-6-10-17-14/h3-5,7-8,14,16H,6,9-12H2,1-2H3. The summed E-state index contributed by atoms with van der Waals surface area (Å²) >= 11 is 0. The first-order chi connectivity index (χ1) is 8.18. The van der Waals surface area contributed by atoms with Crippen LogP contribution in [0.3, 0.4) is 0 Å². The molecular weight excluding hydrogens is 210 g/mol. The molecule has 1 aromatic rings. The highest BCUT2D eigenvalue weighted by atomic mass is 16.5. The molecule has 0 aliphatic carbocycles. The molecule has 17 heavy (non-hydrogen) atoms. The fourth-order valence-electron chi connectivity index (χ4n) is 2.34. The van der Waals surface area contributed by atoms with Crippen molar-refractivity contribution < 1.29 is 4.74 Å². The summed E-state index contributed by atoms with van der Waals surface area (Å²) in [6, 6.07) is 10.7. The molecule has 0 aromatic heterocycles. The van der Waals surface area contributed by atoms with Crippen LogP contribution >= 0.6 is 0 Å². The second-order valence-electron chi connectivity index (χ2n) is 5.52. The predicted molar refractivity (Wildman–Crippen MR) is 71.3 cm³/mol. The van der Waals surface area contributed by atoms with Crippen molar-refractivity contribution in [3.8, 4) is 0 Å². The van der Waals surface area contributed by atoms with E-state index in [1.54, 1.807) is 0 Å². The molecule has 1 N–H and O–H groups in total. The zero-order valence-corrected chi connectivity index (χ0v) is 10.9. The maximum atomic E-state index is 5.61. The SMILES string of the molecule is CC(C)(CNCC1CCCO1)c1ccccc1. The Morgan fingerprint density at radius 1 is 1.29 bits per heavy atom. The maximum Gasteiger partial charge on any atom is 0.0700 e. The van der Waals surface area contributed by atoms with Gasteiger partial charge in [-0.3, -0.25) is 0 Å². The molecule has 1 aromatic carbocycles. The molecule has 94 valence electrons. The number of ether oxygens (including phenoxy) is 1. The summed E-state index contributed by atoms with van der Waals surface area (Å²) in [6.07, 6.45) is 2.86. The Morgan fingerprint density at radius 3 is 2.71 bits per heavy atom. The summed E-state index contributed by atoms with van der Waals surface area (Å²) in [6.45, 7) is 7.48. The van der Waals surface area contributed by atoms with Crippen molar-refractivity contribution in [2.24, 2.45) is 0 Å². The third-order valence-corrected chi connectivity index (χ3v) is 3.52. The van der Waals surface area contributed by atoms with E-state index < -0.39 is 0 Å². The molecule has 0 bridgehead atoms. The minimum atomic E-state index is 0.180. The molecule has 1 atom stereocenters. The predicted octanol–water partition coefficient (Wildman–Crippen LogP) is 2.73. The second kappa shape index (κ2) is 5.65. The first-order valence-corrected chi connectivity index (χ1v) is 6.56. The third-order valence-electron chi connectivity index (χ3n) is 3.52. The summed E-state index contributed by atoms with van der Waals surface area (Å²) < 4.78 is 5.61. The lowest BCUT2D eigenvalue weighted by Gasteiger charge is -2.26. The molecule has 1 fully saturated rings. The van der Waals surface area contributed by atoms with Crippen molar-refractivity contribution in [2.75, 3.05) is 19.7 Å². The molecule has 0 spiro atoms. The molecule has 1 heterocycles. The van der Waals surface area contributed by atoms with Gasteiger partial charge in [0.15, 0.2) is 0 Å². The van der Waals surface area contributed by atoms with Crippen LogP contribution in [0.15, 0.2) is 30.3 Å². The van der Waals surface area contributed by atoms with Crippen molar-refractivity contribution in [3.63, 3.8) is 0 Å². The lowest BCUT2D eigenvalue weighted by Crippen LogP contribution is -2.36. The van der Waals surface area contributed by atoms with Crippen molar-refractivity contribution in [1.29, 1.82) is 0 Å². The maximum absolute atomic E-state index is 5.61. The fourth-order valence-corrected chi connectivity index (χ4v) is 2.34. The van der Waals surface area contributed by atoms with Gasteiger partial charge in [-0.15, -0.1) is 0 Å². The van der Waals surface area contributed by atoms with Gasteiger partial charge in [0, 0.05) is 25.1 Å². The van der Waals surface area contributed by atoms with Gasteiger partial charge >= 0.3 is 0 Å². The third kappa shape index (κ3) is 3.55. The Balaban J connectivity index is 1.80. The topological polar surface area (TPSA) is 21.3 Å². The summed E-state index contributed by atoms with van der Waals surface area (Å²) in [5.41, 5.74) is 1.57. The Hall–Kier alpha value is -0.860. The number of benzene rings is 1. The Labute approximate surface area is 104 Å². The van der Waals surface area contributed by atoms with Gasteiger partial charge in [0.1, 0.15) is 0 Å². The van der Waals surface area contributed by atoms with Crippen molar-refractivity contribution in [1.82, 2.24) is 5.32 Å². The monoisotopic (exact) mass is 233 g/mol. The first-order valence-electron chi connectivity index (χ1n) is 6.56. The largest absolute Gasteiger partial charge is 0.377 e. The zero-order valence-electron chi connectivity index (χ0n) is 10.9. The normalized spacial score (nSPS) is 20.7. The molecule has 0 radical (unpaired) electrons. The Kier molecular flexibility index (Phi) is 4.19. The highest BCUT2D eigenvalue weighted by Gasteiger charge is 2.21. The van der Waals surface area contributed by atoms with E-state index in [-0.39, 0.29) is 5.41 Å². The van der Waals surface area contributed by atoms with Gasteiger partial charge in [-0.1, -0.05) is 44.2 Å². The molecule has 2 heteroatoms. The molecule has 2 nitrogen and oxygen atoms in total. The van der Waals surface area contributed by atoms with Crippen LogP contribution in [0.1, 0.15) is 32.3 Å². The smallest absolute Gasteiger partial charge is 0.0700 e. The van der Waals surface area contributed by atoms with Gasteiger partial charge in [-0.05, 0) is 18.4 Å². The molecule has 1 saturated heterocycles. The van der Waals surface area contributed by atoms with Crippen molar-refractivity contribution >= 4 is 0 Å². The molecule has 0 amide bonds. The van der Waals surface area contributed by atoms with Crippen molar-refractivity contribution in [2.45, 2.75) is 38.2 Å².